The zero-order chi connectivity index (χ0) is 19.9. The highest BCUT2D eigenvalue weighted by atomic mass is 127. The van der Waals surface area contributed by atoms with Crippen LogP contribution in [0.3, 0.4) is 0 Å². The standard InChI is InChI=1S/C22H32N6O.HI/c1-2-23-22(25-15-21-27-26-20-10-4-3-7-13-28(20)21)24-14-18-8-5-6-9-19(18)29-16-17-11-12-17;/h5-6,8-9,17H,2-4,7,10-16H2,1H3,(H2,23,24,25);1H. The van der Waals surface area contributed by atoms with Crippen LogP contribution < -0.4 is 15.4 Å². The molecule has 2 aromatic rings. The van der Waals surface area contributed by atoms with Crippen molar-refractivity contribution < 1.29 is 4.74 Å². The van der Waals surface area contributed by atoms with Gasteiger partial charge in [0.2, 0.25) is 0 Å². The SMILES string of the molecule is CCNC(=NCc1ccccc1OCC1CC1)NCc1nnc2n1CCCCC2.I. The fraction of sp³-hybridized carbons (Fsp3) is 0.591. The number of ether oxygens (including phenoxy) is 1. The predicted molar refractivity (Wildman–Crippen MR) is 129 cm³/mol. The third kappa shape index (κ3) is 6.33. The number of aromatic nitrogens is 3. The fourth-order valence-corrected chi connectivity index (χ4v) is 3.61. The van der Waals surface area contributed by atoms with Crippen molar-refractivity contribution in [2.45, 2.75) is 65.1 Å². The summed E-state index contributed by atoms with van der Waals surface area (Å²) in [4.78, 5) is 4.77. The fourth-order valence-electron chi connectivity index (χ4n) is 3.61. The van der Waals surface area contributed by atoms with Crippen molar-refractivity contribution in [1.29, 1.82) is 0 Å². The van der Waals surface area contributed by atoms with Crippen molar-refractivity contribution in [1.82, 2.24) is 25.4 Å². The molecule has 1 aromatic carbocycles. The van der Waals surface area contributed by atoms with Crippen LogP contribution in [-0.4, -0.2) is 33.9 Å². The van der Waals surface area contributed by atoms with Gasteiger partial charge in [0.15, 0.2) is 11.8 Å². The second-order valence-electron chi connectivity index (χ2n) is 7.91. The minimum atomic E-state index is 0. The summed E-state index contributed by atoms with van der Waals surface area (Å²) >= 11 is 0. The number of nitrogens with one attached hydrogen (secondary N) is 2. The Bertz CT molecular complexity index is 833. The molecule has 8 heteroatoms. The first kappa shape index (κ1) is 22.8. The maximum Gasteiger partial charge on any atom is 0.191 e. The van der Waals surface area contributed by atoms with E-state index in [0.29, 0.717) is 13.1 Å². The molecule has 0 saturated heterocycles. The van der Waals surface area contributed by atoms with Crippen LogP contribution in [0.2, 0.25) is 0 Å². The van der Waals surface area contributed by atoms with E-state index in [0.717, 1.165) is 61.0 Å². The summed E-state index contributed by atoms with van der Waals surface area (Å²) in [6.07, 6.45) is 7.28. The number of rotatable bonds is 8. The Hall–Kier alpha value is -1.84. The summed E-state index contributed by atoms with van der Waals surface area (Å²) in [5.41, 5.74) is 1.11. The van der Waals surface area contributed by atoms with Crippen LogP contribution in [0.1, 0.15) is 56.2 Å². The van der Waals surface area contributed by atoms with E-state index >= 15 is 0 Å². The summed E-state index contributed by atoms with van der Waals surface area (Å²) in [7, 11) is 0. The van der Waals surface area contributed by atoms with Gasteiger partial charge in [0, 0.05) is 25.1 Å². The second kappa shape index (κ2) is 11.5. The number of halogens is 1. The molecule has 2 heterocycles. The van der Waals surface area contributed by atoms with Crippen LogP contribution in [0.4, 0.5) is 0 Å². The normalized spacial score (nSPS) is 16.2. The first-order valence-electron chi connectivity index (χ1n) is 11.0. The molecule has 7 nitrogen and oxygen atoms in total. The molecular weight excluding hydrogens is 491 g/mol. The average Bonchev–Trinajstić information content (AvgIpc) is 3.54. The number of nitrogens with zero attached hydrogens (tertiary/aromatic N) is 4. The lowest BCUT2D eigenvalue weighted by atomic mass is 10.2. The van der Waals surface area contributed by atoms with Crippen LogP contribution in [0.15, 0.2) is 29.3 Å². The Morgan fingerprint density at radius 2 is 2.03 bits per heavy atom. The predicted octanol–water partition coefficient (Wildman–Crippen LogP) is 3.67. The van der Waals surface area contributed by atoms with E-state index in [1.807, 2.05) is 18.2 Å². The highest BCUT2D eigenvalue weighted by molar-refractivity contribution is 14.0. The lowest BCUT2D eigenvalue weighted by molar-refractivity contribution is 0.297. The molecule has 1 aliphatic heterocycles. The number of hydrogen-bond donors (Lipinski definition) is 2. The largest absolute Gasteiger partial charge is 0.493 e. The van der Waals surface area contributed by atoms with Crippen molar-refractivity contribution >= 4 is 29.9 Å². The van der Waals surface area contributed by atoms with Gasteiger partial charge in [-0.15, -0.1) is 34.2 Å². The molecule has 2 N–H and O–H groups in total. The summed E-state index contributed by atoms with van der Waals surface area (Å²) in [5, 5.41) is 15.5. The second-order valence-corrected chi connectivity index (χ2v) is 7.91. The van der Waals surface area contributed by atoms with E-state index in [2.05, 4.69) is 38.4 Å². The van der Waals surface area contributed by atoms with Crippen molar-refractivity contribution in [3.8, 4) is 5.75 Å². The first-order chi connectivity index (χ1) is 14.3. The third-order valence-corrected chi connectivity index (χ3v) is 5.50. The Labute approximate surface area is 196 Å². The molecule has 30 heavy (non-hydrogen) atoms. The van der Waals surface area contributed by atoms with Gasteiger partial charge in [0.1, 0.15) is 11.6 Å². The Balaban J connectivity index is 0.00000256. The summed E-state index contributed by atoms with van der Waals surface area (Å²) in [5.74, 6) is 4.57. The smallest absolute Gasteiger partial charge is 0.191 e. The molecule has 1 aliphatic carbocycles. The Morgan fingerprint density at radius 3 is 2.87 bits per heavy atom. The molecule has 0 spiro atoms. The molecular formula is C22H33IN6O. The molecule has 1 aromatic heterocycles. The number of para-hydroxylation sites is 1. The van der Waals surface area contributed by atoms with Crippen LogP contribution in [0.5, 0.6) is 5.75 Å². The molecule has 4 rings (SSSR count). The minimum Gasteiger partial charge on any atom is -0.493 e. The number of aryl methyl sites for hydroxylation is 1. The number of guanidine groups is 1. The van der Waals surface area contributed by atoms with E-state index in [1.54, 1.807) is 0 Å². The minimum absolute atomic E-state index is 0. The highest BCUT2D eigenvalue weighted by Gasteiger charge is 2.22. The van der Waals surface area contributed by atoms with E-state index in [4.69, 9.17) is 9.73 Å². The maximum atomic E-state index is 6.01. The van der Waals surface area contributed by atoms with Crippen molar-refractivity contribution in [3.05, 3.63) is 41.5 Å². The number of fused-ring (bicyclic) bond motifs is 1. The van der Waals surface area contributed by atoms with Crippen molar-refractivity contribution in [3.63, 3.8) is 0 Å². The van der Waals surface area contributed by atoms with Crippen LogP contribution in [0, 0.1) is 5.92 Å². The van der Waals surface area contributed by atoms with Gasteiger partial charge in [-0.05, 0) is 44.6 Å². The van der Waals surface area contributed by atoms with Gasteiger partial charge >= 0.3 is 0 Å². The van der Waals surface area contributed by atoms with Crippen LogP contribution >= 0.6 is 24.0 Å². The third-order valence-electron chi connectivity index (χ3n) is 5.50. The van der Waals surface area contributed by atoms with Gasteiger partial charge in [-0.25, -0.2) is 4.99 Å². The van der Waals surface area contributed by atoms with Crippen LogP contribution in [-0.2, 0) is 26.1 Å². The monoisotopic (exact) mass is 524 g/mol. The summed E-state index contributed by atoms with van der Waals surface area (Å²) < 4.78 is 8.28. The summed E-state index contributed by atoms with van der Waals surface area (Å²) in [6.45, 7) is 5.92. The lowest BCUT2D eigenvalue weighted by Crippen LogP contribution is -2.37. The van der Waals surface area contributed by atoms with E-state index < -0.39 is 0 Å². The van der Waals surface area contributed by atoms with Crippen molar-refractivity contribution in [2.75, 3.05) is 13.2 Å². The van der Waals surface area contributed by atoms with Crippen LogP contribution in [0.25, 0.3) is 0 Å². The highest BCUT2D eigenvalue weighted by Crippen LogP contribution is 2.30. The molecule has 1 fully saturated rings. The molecule has 2 aliphatic rings. The van der Waals surface area contributed by atoms with Gasteiger partial charge in [0.25, 0.3) is 0 Å². The molecule has 0 radical (unpaired) electrons. The number of benzene rings is 1. The number of hydrogen-bond acceptors (Lipinski definition) is 4. The molecule has 0 bridgehead atoms. The van der Waals surface area contributed by atoms with Crippen molar-refractivity contribution in [2.24, 2.45) is 10.9 Å². The van der Waals surface area contributed by atoms with Gasteiger partial charge in [-0.3, -0.25) is 0 Å². The van der Waals surface area contributed by atoms with Gasteiger partial charge in [-0.2, -0.15) is 0 Å². The molecule has 164 valence electrons. The first-order valence-corrected chi connectivity index (χ1v) is 11.0. The zero-order valence-corrected chi connectivity index (χ0v) is 20.1. The quantitative estimate of drug-likeness (QED) is 0.313. The van der Waals surface area contributed by atoms with Gasteiger partial charge in [-0.1, -0.05) is 24.6 Å². The Kier molecular flexibility index (Phi) is 8.77. The van der Waals surface area contributed by atoms with E-state index in [1.165, 1.54) is 32.1 Å². The Morgan fingerprint density at radius 1 is 1.17 bits per heavy atom. The number of aliphatic imine (C=N–C) groups is 1. The molecule has 0 amide bonds. The molecule has 1 saturated carbocycles. The summed E-state index contributed by atoms with van der Waals surface area (Å²) in [6, 6.07) is 8.20. The molecule has 0 atom stereocenters. The topological polar surface area (TPSA) is 76.4 Å². The maximum absolute atomic E-state index is 6.01. The van der Waals surface area contributed by atoms with Gasteiger partial charge in [0.05, 0.1) is 19.7 Å². The van der Waals surface area contributed by atoms with E-state index in [9.17, 15) is 0 Å². The molecule has 0 unspecified atom stereocenters. The lowest BCUT2D eigenvalue weighted by Gasteiger charge is -2.13. The zero-order valence-electron chi connectivity index (χ0n) is 17.8. The average molecular weight is 524 g/mol. The van der Waals surface area contributed by atoms with E-state index in [-0.39, 0.29) is 24.0 Å². The van der Waals surface area contributed by atoms with Gasteiger partial charge < -0.3 is 19.9 Å².